The monoisotopic (exact) mass is 346 g/mol. The molecule has 0 radical (unpaired) electrons. The van der Waals surface area contributed by atoms with Gasteiger partial charge in [-0.15, -0.1) is 0 Å². The summed E-state index contributed by atoms with van der Waals surface area (Å²) in [4.78, 5) is 36.0. The molecule has 2 aliphatic heterocycles. The summed E-state index contributed by atoms with van der Waals surface area (Å²) >= 11 is 0. The van der Waals surface area contributed by atoms with E-state index in [1.54, 1.807) is 11.8 Å². The van der Waals surface area contributed by atoms with Gasteiger partial charge in [0.2, 0.25) is 5.91 Å². The first-order valence-corrected chi connectivity index (χ1v) is 8.76. The number of amides is 2. The van der Waals surface area contributed by atoms with Crippen LogP contribution in [0, 0.1) is 5.41 Å². The number of aromatic nitrogens is 2. The summed E-state index contributed by atoms with van der Waals surface area (Å²) in [7, 11) is 0. The van der Waals surface area contributed by atoms with Gasteiger partial charge in [-0.25, -0.2) is 9.97 Å². The molecule has 7 nitrogen and oxygen atoms in total. The average molecular weight is 346 g/mol. The Morgan fingerprint density at radius 1 is 1.20 bits per heavy atom. The molecule has 0 saturated carbocycles. The maximum Gasteiger partial charge on any atom is 0.256 e. The molecule has 1 spiro atoms. The lowest BCUT2D eigenvalue weighted by atomic mass is 9.67. The van der Waals surface area contributed by atoms with E-state index < -0.39 is 11.6 Å². The average Bonchev–Trinajstić information content (AvgIpc) is 2.59. The second kappa shape index (κ2) is 6.37. The van der Waals surface area contributed by atoms with Gasteiger partial charge in [0.05, 0.1) is 17.2 Å². The van der Waals surface area contributed by atoms with Crippen LogP contribution in [-0.2, 0) is 4.79 Å². The predicted octanol–water partition coefficient (Wildman–Crippen LogP) is 1.09. The summed E-state index contributed by atoms with van der Waals surface area (Å²) in [6, 6.07) is 0. The van der Waals surface area contributed by atoms with E-state index in [4.69, 9.17) is 0 Å². The first-order valence-electron chi connectivity index (χ1n) is 8.76. The van der Waals surface area contributed by atoms with Gasteiger partial charge in [-0.2, -0.15) is 0 Å². The van der Waals surface area contributed by atoms with E-state index in [1.807, 2.05) is 18.7 Å². The quantitative estimate of drug-likeness (QED) is 0.823. The number of aliphatic hydroxyl groups excluding tert-OH is 1. The lowest BCUT2D eigenvalue weighted by Gasteiger charge is -2.55. The molecule has 1 aromatic rings. The van der Waals surface area contributed by atoms with E-state index in [9.17, 15) is 14.7 Å². The Bertz CT molecular complexity index is 654. The zero-order chi connectivity index (χ0) is 18.2. The molecule has 2 aliphatic rings. The van der Waals surface area contributed by atoms with Crippen molar-refractivity contribution in [3.63, 3.8) is 0 Å². The fourth-order valence-electron chi connectivity index (χ4n) is 4.10. The number of aliphatic hydroxyl groups is 1. The minimum absolute atomic E-state index is 0.0111. The van der Waals surface area contributed by atoms with Crippen LogP contribution in [0.4, 0.5) is 0 Å². The smallest absolute Gasteiger partial charge is 0.256 e. The van der Waals surface area contributed by atoms with Gasteiger partial charge in [0, 0.05) is 39.0 Å². The summed E-state index contributed by atoms with van der Waals surface area (Å²) in [5, 5.41) is 10.6. The summed E-state index contributed by atoms with van der Waals surface area (Å²) < 4.78 is 0. The van der Waals surface area contributed by atoms with Gasteiger partial charge >= 0.3 is 0 Å². The predicted molar refractivity (Wildman–Crippen MR) is 91.7 cm³/mol. The van der Waals surface area contributed by atoms with Gasteiger partial charge in [-0.05, 0) is 38.5 Å². The summed E-state index contributed by atoms with van der Waals surface area (Å²) in [6.07, 6.45) is 6.14. The van der Waals surface area contributed by atoms with Crippen LogP contribution >= 0.6 is 0 Å². The van der Waals surface area contributed by atoms with Gasteiger partial charge in [0.15, 0.2) is 0 Å². The van der Waals surface area contributed by atoms with E-state index in [0.29, 0.717) is 31.6 Å². The molecule has 2 fully saturated rings. The minimum atomic E-state index is -0.560. The maximum absolute atomic E-state index is 12.5. The number of carbonyl (C=O) groups excluding carboxylic acids is 2. The van der Waals surface area contributed by atoms with Crippen molar-refractivity contribution in [2.75, 3.05) is 19.6 Å². The maximum atomic E-state index is 12.5. The van der Waals surface area contributed by atoms with Crippen LogP contribution in [0.3, 0.4) is 0 Å². The molecule has 2 amide bonds. The Balaban J connectivity index is 1.71. The van der Waals surface area contributed by atoms with E-state index in [1.165, 1.54) is 18.7 Å². The van der Waals surface area contributed by atoms with Crippen LogP contribution in [0.5, 0.6) is 0 Å². The summed E-state index contributed by atoms with van der Waals surface area (Å²) in [5.41, 5.74) is -0.177. The van der Waals surface area contributed by atoms with Gasteiger partial charge in [-0.1, -0.05) is 0 Å². The van der Waals surface area contributed by atoms with E-state index >= 15 is 0 Å². The number of carbonyl (C=O) groups is 2. The third-order valence-corrected chi connectivity index (χ3v) is 5.93. The van der Waals surface area contributed by atoms with Crippen LogP contribution in [-0.4, -0.2) is 68.0 Å². The molecule has 0 aliphatic carbocycles. The van der Waals surface area contributed by atoms with E-state index in [2.05, 4.69) is 9.97 Å². The molecular formula is C18H26N4O3. The molecule has 0 bridgehead atoms. The highest BCUT2D eigenvalue weighted by Crippen LogP contribution is 2.45. The minimum Gasteiger partial charge on any atom is -0.391 e. The fraction of sp³-hybridized carbons (Fsp3) is 0.667. The van der Waals surface area contributed by atoms with E-state index in [-0.39, 0.29) is 17.2 Å². The van der Waals surface area contributed by atoms with Gasteiger partial charge in [-0.3, -0.25) is 9.59 Å². The molecule has 3 heterocycles. The van der Waals surface area contributed by atoms with Crippen molar-refractivity contribution in [2.24, 2.45) is 5.41 Å². The molecule has 7 heteroatoms. The molecule has 0 unspecified atom stereocenters. The molecule has 3 rings (SSSR count). The standard InChI is InChI=1S/C18H26N4O3/c1-13(23)22-11-18(8-15(24)17(22,2)3)4-6-21(7-5-18)16(25)14-9-19-12-20-10-14/h9-10,12,15,24H,4-8,11H2,1-3H3/t15-/m1/s1. The van der Waals surface area contributed by atoms with Crippen LogP contribution < -0.4 is 0 Å². The highest BCUT2D eigenvalue weighted by atomic mass is 16.3. The van der Waals surface area contributed by atoms with Crippen molar-refractivity contribution in [2.45, 2.75) is 51.7 Å². The summed E-state index contributed by atoms with van der Waals surface area (Å²) in [6.45, 7) is 7.27. The molecule has 1 N–H and O–H groups in total. The molecule has 1 atom stereocenters. The van der Waals surface area contributed by atoms with Crippen molar-refractivity contribution in [3.8, 4) is 0 Å². The Kier molecular flexibility index (Phi) is 4.53. The number of likely N-dealkylation sites (tertiary alicyclic amines) is 2. The lowest BCUT2D eigenvalue weighted by molar-refractivity contribution is -0.156. The molecular weight excluding hydrogens is 320 g/mol. The summed E-state index contributed by atoms with van der Waals surface area (Å²) in [5.74, 6) is -0.0707. The fourth-order valence-corrected chi connectivity index (χ4v) is 4.10. The Morgan fingerprint density at radius 2 is 1.80 bits per heavy atom. The Morgan fingerprint density at radius 3 is 2.36 bits per heavy atom. The van der Waals surface area contributed by atoms with Gasteiger partial charge in [0.1, 0.15) is 6.33 Å². The number of hydrogen-bond donors (Lipinski definition) is 1. The van der Waals surface area contributed by atoms with Gasteiger partial charge in [0.25, 0.3) is 5.91 Å². The highest BCUT2D eigenvalue weighted by Gasteiger charge is 2.50. The molecule has 1 aromatic heterocycles. The molecule has 0 aromatic carbocycles. The normalized spacial score (nSPS) is 25.0. The van der Waals surface area contributed by atoms with Gasteiger partial charge < -0.3 is 14.9 Å². The van der Waals surface area contributed by atoms with Crippen LogP contribution in [0.25, 0.3) is 0 Å². The van der Waals surface area contributed by atoms with Crippen LogP contribution in [0.15, 0.2) is 18.7 Å². The topological polar surface area (TPSA) is 86.6 Å². The Labute approximate surface area is 148 Å². The zero-order valence-corrected chi connectivity index (χ0v) is 15.1. The third-order valence-electron chi connectivity index (χ3n) is 5.93. The molecule has 2 saturated heterocycles. The van der Waals surface area contributed by atoms with Crippen molar-refractivity contribution in [1.29, 1.82) is 0 Å². The van der Waals surface area contributed by atoms with Crippen molar-refractivity contribution in [3.05, 3.63) is 24.3 Å². The van der Waals surface area contributed by atoms with Crippen LogP contribution in [0.1, 0.15) is 50.4 Å². The first kappa shape index (κ1) is 17.8. The molecule has 136 valence electrons. The third kappa shape index (κ3) is 3.25. The lowest BCUT2D eigenvalue weighted by Crippen LogP contribution is -2.64. The number of rotatable bonds is 1. The van der Waals surface area contributed by atoms with E-state index in [0.717, 1.165) is 12.8 Å². The zero-order valence-electron chi connectivity index (χ0n) is 15.1. The van der Waals surface area contributed by atoms with Crippen molar-refractivity contribution in [1.82, 2.24) is 19.8 Å². The first-order chi connectivity index (χ1) is 11.8. The Hall–Kier alpha value is -2.02. The largest absolute Gasteiger partial charge is 0.391 e. The SMILES string of the molecule is CC(=O)N1CC2(CCN(C(=O)c3cncnc3)CC2)C[C@@H](O)C1(C)C. The van der Waals surface area contributed by atoms with Crippen molar-refractivity contribution < 1.29 is 14.7 Å². The number of nitrogens with zero attached hydrogens (tertiary/aromatic N) is 4. The highest BCUT2D eigenvalue weighted by molar-refractivity contribution is 5.93. The second-order valence-electron chi connectivity index (χ2n) is 7.90. The number of hydrogen-bond acceptors (Lipinski definition) is 5. The van der Waals surface area contributed by atoms with Crippen LogP contribution in [0.2, 0.25) is 0 Å². The van der Waals surface area contributed by atoms with Crippen molar-refractivity contribution >= 4 is 11.8 Å². The number of piperidine rings is 2. The second-order valence-corrected chi connectivity index (χ2v) is 7.90. The molecule has 25 heavy (non-hydrogen) atoms.